The van der Waals surface area contributed by atoms with Crippen LogP contribution in [0.4, 0.5) is 0 Å². The second-order valence-corrected chi connectivity index (χ2v) is 6.65. The Balaban J connectivity index is 1.73. The number of amides is 1. The zero-order valence-electron chi connectivity index (χ0n) is 14.8. The number of carbonyl (C=O) groups excluding carboxylic acids is 1. The molecule has 134 valence electrons. The van der Waals surface area contributed by atoms with E-state index < -0.39 is 0 Å². The number of piperidine rings is 1. The molecule has 1 aliphatic heterocycles. The van der Waals surface area contributed by atoms with E-state index in [0.29, 0.717) is 13.0 Å². The van der Waals surface area contributed by atoms with E-state index in [0.717, 1.165) is 18.4 Å². The van der Waals surface area contributed by atoms with Crippen molar-refractivity contribution in [3.05, 3.63) is 53.9 Å². The molecule has 1 fully saturated rings. The zero-order valence-corrected chi connectivity index (χ0v) is 14.8. The van der Waals surface area contributed by atoms with Crippen molar-refractivity contribution in [2.75, 3.05) is 13.7 Å². The van der Waals surface area contributed by atoms with E-state index in [-0.39, 0.29) is 24.0 Å². The Labute approximate surface area is 148 Å². The summed E-state index contributed by atoms with van der Waals surface area (Å²) in [6.07, 6.45) is 6.03. The van der Waals surface area contributed by atoms with Gasteiger partial charge in [-0.25, -0.2) is 0 Å². The third-order valence-corrected chi connectivity index (χ3v) is 4.63. The van der Waals surface area contributed by atoms with Crippen molar-refractivity contribution in [3.63, 3.8) is 0 Å². The Kier molecular flexibility index (Phi) is 5.83. The highest BCUT2D eigenvalue weighted by molar-refractivity contribution is 5.77. The molecular weight excluding hydrogens is 316 g/mol. The quantitative estimate of drug-likeness (QED) is 0.802. The summed E-state index contributed by atoms with van der Waals surface area (Å²) in [5.74, 6) is 0.0956. The van der Waals surface area contributed by atoms with E-state index in [4.69, 9.17) is 4.74 Å². The third kappa shape index (κ3) is 4.67. The predicted octanol–water partition coefficient (Wildman–Crippen LogP) is 1.59. The molecule has 1 saturated heterocycles. The fourth-order valence-corrected chi connectivity index (χ4v) is 3.46. The molecule has 0 spiro atoms. The van der Waals surface area contributed by atoms with Gasteiger partial charge >= 0.3 is 0 Å². The van der Waals surface area contributed by atoms with Crippen LogP contribution in [0, 0.1) is 0 Å². The summed E-state index contributed by atoms with van der Waals surface area (Å²) in [6, 6.07) is 10.7. The van der Waals surface area contributed by atoms with Crippen molar-refractivity contribution >= 4 is 5.91 Å². The lowest BCUT2D eigenvalue weighted by atomic mass is 9.92. The molecular formula is C19H26N4O2. The number of benzene rings is 1. The number of hydrogen-bond donors (Lipinski definition) is 2. The van der Waals surface area contributed by atoms with Crippen LogP contribution in [-0.2, 0) is 23.0 Å². The molecule has 1 aromatic carbocycles. The number of rotatable bonds is 7. The zero-order chi connectivity index (χ0) is 17.6. The highest BCUT2D eigenvalue weighted by atomic mass is 16.5. The molecule has 1 aromatic heterocycles. The molecule has 2 aromatic rings. The van der Waals surface area contributed by atoms with Gasteiger partial charge in [-0.1, -0.05) is 30.3 Å². The molecule has 2 heterocycles. The maximum atomic E-state index is 11.9. The number of aryl methyl sites for hydroxylation is 1. The topological polar surface area (TPSA) is 68.2 Å². The average molecular weight is 342 g/mol. The minimum atomic E-state index is -0.0647. The summed E-state index contributed by atoms with van der Waals surface area (Å²) in [5.41, 5.74) is 2.30. The Morgan fingerprint density at radius 1 is 1.40 bits per heavy atom. The molecule has 0 saturated carbocycles. The van der Waals surface area contributed by atoms with Crippen LogP contribution >= 0.6 is 0 Å². The van der Waals surface area contributed by atoms with Gasteiger partial charge in [0.15, 0.2) is 0 Å². The van der Waals surface area contributed by atoms with Crippen molar-refractivity contribution in [1.82, 2.24) is 20.4 Å². The maximum absolute atomic E-state index is 11.9. The summed E-state index contributed by atoms with van der Waals surface area (Å²) >= 11 is 0. The highest BCUT2D eigenvalue weighted by Gasteiger charge is 2.32. The molecule has 0 bridgehead atoms. The Bertz CT molecular complexity index is 686. The van der Waals surface area contributed by atoms with Crippen LogP contribution in [-0.4, -0.2) is 41.5 Å². The summed E-state index contributed by atoms with van der Waals surface area (Å²) in [7, 11) is 3.61. The van der Waals surface area contributed by atoms with Crippen LogP contribution < -0.4 is 10.6 Å². The molecule has 6 nitrogen and oxygen atoms in total. The lowest BCUT2D eigenvalue weighted by molar-refractivity contribution is -0.124. The molecule has 2 N–H and O–H groups in total. The molecule has 6 heteroatoms. The van der Waals surface area contributed by atoms with Crippen LogP contribution in [0.15, 0.2) is 42.7 Å². The van der Waals surface area contributed by atoms with E-state index in [1.54, 1.807) is 11.8 Å². The minimum Gasteiger partial charge on any atom is -0.383 e. The summed E-state index contributed by atoms with van der Waals surface area (Å²) in [6.45, 7) is 0.624. The maximum Gasteiger partial charge on any atom is 0.220 e. The van der Waals surface area contributed by atoms with Crippen molar-refractivity contribution < 1.29 is 9.53 Å². The van der Waals surface area contributed by atoms with E-state index in [9.17, 15) is 4.79 Å². The number of nitrogens with one attached hydrogen (secondary N) is 2. The van der Waals surface area contributed by atoms with Gasteiger partial charge < -0.3 is 15.4 Å². The second kappa shape index (κ2) is 8.27. The van der Waals surface area contributed by atoms with Gasteiger partial charge in [0.25, 0.3) is 0 Å². The summed E-state index contributed by atoms with van der Waals surface area (Å²) in [4.78, 5) is 11.9. The molecule has 0 aliphatic carbocycles. The van der Waals surface area contributed by atoms with Gasteiger partial charge in [0, 0.05) is 44.4 Å². The Hall–Kier alpha value is -2.18. The van der Waals surface area contributed by atoms with E-state index in [2.05, 4.69) is 40.0 Å². The van der Waals surface area contributed by atoms with Crippen molar-refractivity contribution in [3.8, 4) is 0 Å². The first-order valence-electron chi connectivity index (χ1n) is 8.72. The average Bonchev–Trinajstić information content (AvgIpc) is 3.04. The fraction of sp³-hybridized carbons (Fsp3) is 0.474. The summed E-state index contributed by atoms with van der Waals surface area (Å²) < 4.78 is 7.19. The SMILES string of the molecule is COCC(Cc1ccccc1)N[C@@H]1CCC(=O)N[C@H]1c1cnn(C)c1. The number of ether oxygens (including phenoxy) is 1. The number of hydrogen-bond acceptors (Lipinski definition) is 4. The van der Waals surface area contributed by atoms with Crippen LogP contribution in [0.1, 0.15) is 30.0 Å². The number of aromatic nitrogens is 2. The normalized spacial score (nSPS) is 21.8. The van der Waals surface area contributed by atoms with Crippen LogP contribution in [0.5, 0.6) is 0 Å². The van der Waals surface area contributed by atoms with Crippen LogP contribution in [0.3, 0.4) is 0 Å². The lowest BCUT2D eigenvalue weighted by Crippen LogP contribution is -2.52. The predicted molar refractivity (Wildman–Crippen MR) is 96.1 cm³/mol. The minimum absolute atomic E-state index is 0.0647. The Morgan fingerprint density at radius 3 is 2.88 bits per heavy atom. The molecule has 1 unspecified atom stereocenters. The van der Waals surface area contributed by atoms with Gasteiger partial charge in [0.05, 0.1) is 18.8 Å². The number of nitrogens with zero attached hydrogens (tertiary/aromatic N) is 2. The molecule has 1 amide bonds. The van der Waals surface area contributed by atoms with E-state index in [1.165, 1.54) is 5.56 Å². The molecule has 3 atom stereocenters. The first-order chi connectivity index (χ1) is 12.2. The molecule has 3 rings (SSSR count). The Morgan fingerprint density at radius 2 is 2.20 bits per heavy atom. The van der Waals surface area contributed by atoms with Crippen LogP contribution in [0.2, 0.25) is 0 Å². The van der Waals surface area contributed by atoms with Crippen molar-refractivity contribution in [1.29, 1.82) is 0 Å². The second-order valence-electron chi connectivity index (χ2n) is 6.65. The van der Waals surface area contributed by atoms with E-state index >= 15 is 0 Å². The van der Waals surface area contributed by atoms with Crippen molar-refractivity contribution in [2.45, 2.75) is 37.4 Å². The lowest BCUT2D eigenvalue weighted by Gasteiger charge is -2.35. The fourth-order valence-electron chi connectivity index (χ4n) is 3.46. The summed E-state index contributed by atoms with van der Waals surface area (Å²) in [5, 5.41) is 11.1. The first kappa shape index (κ1) is 17.6. The molecule has 0 radical (unpaired) electrons. The van der Waals surface area contributed by atoms with Gasteiger partial charge in [-0.15, -0.1) is 0 Å². The monoisotopic (exact) mass is 342 g/mol. The van der Waals surface area contributed by atoms with Gasteiger partial charge in [-0.05, 0) is 18.4 Å². The van der Waals surface area contributed by atoms with Gasteiger partial charge in [-0.3, -0.25) is 9.48 Å². The van der Waals surface area contributed by atoms with Gasteiger partial charge in [0.2, 0.25) is 5.91 Å². The van der Waals surface area contributed by atoms with E-state index in [1.807, 2.05) is 25.5 Å². The third-order valence-electron chi connectivity index (χ3n) is 4.63. The van der Waals surface area contributed by atoms with Crippen molar-refractivity contribution in [2.24, 2.45) is 7.05 Å². The standard InChI is InChI=1S/C19H26N4O2/c1-23-12-15(11-20-23)19-17(8-9-18(24)22-19)21-16(13-25-2)10-14-6-4-3-5-7-14/h3-7,11-12,16-17,19,21H,8-10,13H2,1-2H3,(H,22,24)/t16?,17-,19+/m1/s1. The largest absolute Gasteiger partial charge is 0.383 e. The van der Waals surface area contributed by atoms with Gasteiger partial charge in [-0.2, -0.15) is 5.10 Å². The number of methoxy groups -OCH3 is 1. The van der Waals surface area contributed by atoms with Crippen LogP contribution in [0.25, 0.3) is 0 Å². The van der Waals surface area contributed by atoms with Gasteiger partial charge in [0.1, 0.15) is 0 Å². The first-order valence-corrected chi connectivity index (χ1v) is 8.72. The highest BCUT2D eigenvalue weighted by Crippen LogP contribution is 2.24. The number of carbonyl (C=O) groups is 1. The molecule has 1 aliphatic rings. The molecule has 25 heavy (non-hydrogen) atoms. The smallest absolute Gasteiger partial charge is 0.220 e.